The molecule has 0 unspecified atom stereocenters. The monoisotopic (exact) mass is 380 g/mol. The smallest absolute Gasteiger partial charge is 0.140 e. The summed E-state index contributed by atoms with van der Waals surface area (Å²) in [6.07, 6.45) is 7.45. The lowest BCUT2D eigenvalue weighted by atomic mass is 10.0. The quantitative estimate of drug-likeness (QED) is 0.830. The number of nitrogens with zero attached hydrogens (tertiary/aromatic N) is 3. The van der Waals surface area contributed by atoms with Gasteiger partial charge in [0.1, 0.15) is 11.6 Å². The lowest BCUT2D eigenvalue weighted by Crippen LogP contribution is -2.10. The fourth-order valence-electron chi connectivity index (χ4n) is 2.75. The maximum atomic E-state index is 6.06. The van der Waals surface area contributed by atoms with Crippen LogP contribution >= 0.6 is 22.6 Å². The van der Waals surface area contributed by atoms with E-state index >= 15 is 0 Å². The molecule has 4 nitrogen and oxygen atoms in total. The largest absolute Gasteiger partial charge is 0.383 e. The zero-order valence-corrected chi connectivity index (χ0v) is 13.4. The molecule has 0 saturated heterocycles. The number of halogens is 1. The molecule has 2 heterocycles. The van der Waals surface area contributed by atoms with Gasteiger partial charge in [-0.25, -0.2) is 9.97 Å². The average molecular weight is 380 g/mol. The molecule has 0 atom stereocenters. The van der Waals surface area contributed by atoms with Gasteiger partial charge < -0.3 is 5.73 Å². The Morgan fingerprint density at radius 1 is 1.20 bits per heavy atom. The van der Waals surface area contributed by atoms with Crippen molar-refractivity contribution in [1.82, 2.24) is 15.0 Å². The van der Waals surface area contributed by atoms with Crippen LogP contribution in [0.1, 0.15) is 48.8 Å². The first-order valence-corrected chi connectivity index (χ1v) is 8.03. The lowest BCUT2D eigenvalue weighted by Gasteiger charge is -2.13. The van der Waals surface area contributed by atoms with Crippen molar-refractivity contribution in [2.24, 2.45) is 0 Å². The van der Waals surface area contributed by atoms with Gasteiger partial charge in [-0.15, -0.1) is 0 Å². The molecule has 104 valence electrons. The number of hydrogen-bond donors (Lipinski definition) is 1. The highest BCUT2D eigenvalue weighted by Gasteiger charge is 2.23. The van der Waals surface area contributed by atoms with E-state index in [1.54, 1.807) is 6.20 Å². The van der Waals surface area contributed by atoms with E-state index in [0.29, 0.717) is 18.2 Å². The molecule has 3 rings (SSSR count). The highest BCUT2D eigenvalue weighted by molar-refractivity contribution is 14.1. The minimum Gasteiger partial charge on any atom is -0.383 e. The molecule has 1 aliphatic carbocycles. The molecule has 1 fully saturated rings. The van der Waals surface area contributed by atoms with Gasteiger partial charge in [0.25, 0.3) is 0 Å². The highest BCUT2D eigenvalue weighted by Crippen LogP contribution is 2.36. The van der Waals surface area contributed by atoms with E-state index in [2.05, 4.69) is 32.6 Å². The predicted molar refractivity (Wildman–Crippen MR) is 87.4 cm³/mol. The van der Waals surface area contributed by atoms with Gasteiger partial charge in [-0.1, -0.05) is 18.9 Å². The Balaban J connectivity index is 1.92. The average Bonchev–Trinajstić information content (AvgIpc) is 2.98. The number of pyridine rings is 1. The summed E-state index contributed by atoms with van der Waals surface area (Å²) in [6, 6.07) is 5.89. The van der Waals surface area contributed by atoms with Crippen molar-refractivity contribution in [2.75, 3.05) is 5.73 Å². The maximum Gasteiger partial charge on any atom is 0.140 e. The molecule has 0 bridgehead atoms. The van der Waals surface area contributed by atoms with Gasteiger partial charge in [-0.2, -0.15) is 0 Å². The number of nitrogens with two attached hydrogens (primary N) is 1. The lowest BCUT2D eigenvalue weighted by molar-refractivity contribution is 0.681. The minimum atomic E-state index is 0.551. The van der Waals surface area contributed by atoms with Gasteiger partial charge in [0.2, 0.25) is 0 Å². The second-order valence-electron chi connectivity index (χ2n) is 5.20. The Kier molecular flexibility index (Phi) is 4.14. The summed E-state index contributed by atoms with van der Waals surface area (Å²) in [5.41, 5.74) is 8.18. The summed E-state index contributed by atoms with van der Waals surface area (Å²) in [7, 11) is 0. The van der Waals surface area contributed by atoms with Crippen LogP contribution in [0.4, 0.5) is 5.82 Å². The van der Waals surface area contributed by atoms with Crippen molar-refractivity contribution in [3.63, 3.8) is 0 Å². The van der Waals surface area contributed by atoms with E-state index in [0.717, 1.165) is 20.8 Å². The molecule has 1 saturated carbocycles. The van der Waals surface area contributed by atoms with Crippen LogP contribution < -0.4 is 5.73 Å². The third-order valence-corrected chi connectivity index (χ3v) is 4.86. The van der Waals surface area contributed by atoms with Crippen LogP contribution in [0.5, 0.6) is 0 Å². The van der Waals surface area contributed by atoms with Gasteiger partial charge in [0, 0.05) is 17.8 Å². The third kappa shape index (κ3) is 2.92. The summed E-state index contributed by atoms with van der Waals surface area (Å²) >= 11 is 2.28. The summed E-state index contributed by atoms with van der Waals surface area (Å²) < 4.78 is 1.03. The molecule has 0 aliphatic heterocycles. The number of aromatic nitrogens is 3. The maximum absolute atomic E-state index is 6.06. The summed E-state index contributed by atoms with van der Waals surface area (Å²) in [6.45, 7) is 0. The number of hydrogen-bond acceptors (Lipinski definition) is 4. The van der Waals surface area contributed by atoms with E-state index in [1.165, 1.54) is 25.7 Å². The van der Waals surface area contributed by atoms with Crippen molar-refractivity contribution in [1.29, 1.82) is 0 Å². The molecule has 0 amide bonds. The normalized spacial score (nSPS) is 15.7. The molecular weight excluding hydrogens is 363 g/mol. The fourth-order valence-corrected chi connectivity index (χ4v) is 3.43. The van der Waals surface area contributed by atoms with Crippen molar-refractivity contribution in [2.45, 2.75) is 38.0 Å². The van der Waals surface area contributed by atoms with Gasteiger partial charge in [-0.05, 0) is 47.6 Å². The van der Waals surface area contributed by atoms with Crippen molar-refractivity contribution < 1.29 is 0 Å². The second-order valence-corrected chi connectivity index (χ2v) is 6.28. The minimum absolute atomic E-state index is 0.551. The molecule has 0 spiro atoms. The van der Waals surface area contributed by atoms with Gasteiger partial charge >= 0.3 is 0 Å². The summed E-state index contributed by atoms with van der Waals surface area (Å²) in [4.78, 5) is 13.5. The first-order valence-electron chi connectivity index (χ1n) is 6.95. The SMILES string of the molecule is Nc1nc(Cc2ccccn2)nc(C2CCCC2)c1I. The molecule has 0 radical (unpaired) electrons. The van der Waals surface area contributed by atoms with Crippen molar-refractivity contribution in [3.8, 4) is 0 Å². The van der Waals surface area contributed by atoms with E-state index in [-0.39, 0.29) is 0 Å². The van der Waals surface area contributed by atoms with Crippen LogP contribution in [-0.2, 0) is 6.42 Å². The Morgan fingerprint density at radius 3 is 2.70 bits per heavy atom. The molecule has 2 aromatic heterocycles. The molecule has 2 N–H and O–H groups in total. The van der Waals surface area contributed by atoms with E-state index in [9.17, 15) is 0 Å². The van der Waals surface area contributed by atoms with E-state index < -0.39 is 0 Å². The molecule has 0 aromatic carbocycles. The first kappa shape index (κ1) is 13.7. The van der Waals surface area contributed by atoms with E-state index in [1.807, 2.05) is 18.2 Å². The Hall–Kier alpha value is -1.24. The second kappa shape index (κ2) is 6.03. The van der Waals surface area contributed by atoms with Crippen molar-refractivity contribution in [3.05, 3.63) is 45.2 Å². The van der Waals surface area contributed by atoms with Crippen molar-refractivity contribution >= 4 is 28.4 Å². The van der Waals surface area contributed by atoms with Crippen LogP contribution in [0.3, 0.4) is 0 Å². The zero-order valence-electron chi connectivity index (χ0n) is 11.2. The molecule has 20 heavy (non-hydrogen) atoms. The summed E-state index contributed by atoms with van der Waals surface area (Å²) in [5, 5.41) is 0. The molecular formula is C15H17IN4. The number of anilines is 1. The highest BCUT2D eigenvalue weighted by atomic mass is 127. The molecule has 1 aliphatic rings. The zero-order chi connectivity index (χ0) is 13.9. The van der Waals surface area contributed by atoms with Crippen LogP contribution in [0.15, 0.2) is 24.4 Å². The van der Waals surface area contributed by atoms with Crippen LogP contribution in [0.25, 0.3) is 0 Å². The Morgan fingerprint density at radius 2 is 2.00 bits per heavy atom. The van der Waals surface area contributed by atoms with Gasteiger partial charge in [0.05, 0.1) is 15.7 Å². The topological polar surface area (TPSA) is 64.7 Å². The standard InChI is InChI=1S/C15H17IN4/c16-13-14(10-5-1-2-6-10)19-12(20-15(13)17)9-11-7-3-4-8-18-11/h3-4,7-8,10H,1-2,5-6,9H2,(H2,17,19,20). The Labute approximate surface area is 132 Å². The van der Waals surface area contributed by atoms with Crippen LogP contribution in [0.2, 0.25) is 0 Å². The van der Waals surface area contributed by atoms with Crippen LogP contribution in [-0.4, -0.2) is 15.0 Å². The number of rotatable bonds is 3. The molecule has 5 heteroatoms. The third-order valence-electron chi connectivity index (χ3n) is 3.76. The Bertz CT molecular complexity index is 594. The van der Waals surface area contributed by atoms with Crippen LogP contribution in [0, 0.1) is 3.57 Å². The number of nitrogen functional groups attached to an aromatic ring is 1. The van der Waals surface area contributed by atoms with Gasteiger partial charge in [-0.3, -0.25) is 4.98 Å². The summed E-state index contributed by atoms with van der Waals surface area (Å²) in [5.74, 6) is 1.94. The van der Waals surface area contributed by atoms with E-state index in [4.69, 9.17) is 10.7 Å². The van der Waals surface area contributed by atoms with Gasteiger partial charge in [0.15, 0.2) is 0 Å². The fraction of sp³-hybridized carbons (Fsp3) is 0.400. The first-order chi connectivity index (χ1) is 9.74. The molecule has 2 aromatic rings. The predicted octanol–water partition coefficient (Wildman–Crippen LogP) is 3.31.